The lowest BCUT2D eigenvalue weighted by molar-refractivity contribution is -0.384. The molecule has 1 aliphatic heterocycles. The average molecular weight is 301 g/mol. The number of benzene rings is 1. The molecular formula is C12H13F2N3O4. The minimum Gasteiger partial charge on any atom is -0.465 e. The van der Waals surface area contributed by atoms with Crippen LogP contribution < -0.4 is 5.32 Å². The number of nitrogens with zero attached hydrogens (tertiary/aromatic N) is 2. The van der Waals surface area contributed by atoms with Gasteiger partial charge in [0, 0.05) is 25.2 Å². The van der Waals surface area contributed by atoms with Gasteiger partial charge in [-0.3, -0.25) is 10.1 Å². The molecule has 1 aromatic rings. The van der Waals surface area contributed by atoms with Crippen LogP contribution in [0.1, 0.15) is 12.8 Å². The number of carbonyl (C=O) groups is 1. The van der Waals surface area contributed by atoms with Crippen molar-refractivity contribution < 1.29 is 23.6 Å². The van der Waals surface area contributed by atoms with Crippen molar-refractivity contribution in [2.24, 2.45) is 0 Å². The van der Waals surface area contributed by atoms with Crippen molar-refractivity contribution in [3.63, 3.8) is 0 Å². The van der Waals surface area contributed by atoms with Crippen molar-refractivity contribution in [2.45, 2.75) is 18.9 Å². The van der Waals surface area contributed by atoms with E-state index in [1.54, 1.807) is 0 Å². The molecule has 2 N–H and O–H groups in total. The number of nitrogens with one attached hydrogen (secondary N) is 1. The zero-order valence-corrected chi connectivity index (χ0v) is 10.9. The van der Waals surface area contributed by atoms with Gasteiger partial charge in [0.25, 0.3) is 5.69 Å². The summed E-state index contributed by atoms with van der Waals surface area (Å²) in [5.74, 6) is -2.46. The van der Waals surface area contributed by atoms with Crippen LogP contribution in [0.25, 0.3) is 0 Å². The molecule has 1 heterocycles. The van der Waals surface area contributed by atoms with Gasteiger partial charge in [-0.15, -0.1) is 0 Å². The number of halogens is 2. The lowest BCUT2D eigenvalue weighted by Crippen LogP contribution is -2.41. The van der Waals surface area contributed by atoms with E-state index in [4.69, 9.17) is 5.11 Å². The normalized spacial score (nSPS) is 15.8. The average Bonchev–Trinajstić information content (AvgIpc) is 2.43. The van der Waals surface area contributed by atoms with Crippen molar-refractivity contribution in [1.82, 2.24) is 4.90 Å². The Morgan fingerprint density at radius 3 is 2.43 bits per heavy atom. The van der Waals surface area contributed by atoms with Gasteiger partial charge in [-0.1, -0.05) is 0 Å². The van der Waals surface area contributed by atoms with E-state index in [1.165, 1.54) is 4.90 Å². The minimum atomic E-state index is -1.28. The maximum Gasteiger partial charge on any atom is 0.407 e. The number of nitro groups is 1. The molecule has 1 aliphatic rings. The van der Waals surface area contributed by atoms with Gasteiger partial charge in [0.2, 0.25) is 0 Å². The molecule has 0 unspecified atom stereocenters. The first-order chi connectivity index (χ1) is 9.88. The zero-order valence-electron chi connectivity index (χ0n) is 10.9. The molecule has 0 aliphatic carbocycles. The quantitative estimate of drug-likeness (QED) is 0.660. The van der Waals surface area contributed by atoms with Gasteiger partial charge >= 0.3 is 6.09 Å². The summed E-state index contributed by atoms with van der Waals surface area (Å²) in [5, 5.41) is 22.5. The van der Waals surface area contributed by atoms with Crippen LogP contribution in [-0.4, -0.2) is 40.2 Å². The fraction of sp³-hybridized carbons (Fsp3) is 0.417. The molecule has 1 fully saturated rings. The first-order valence-corrected chi connectivity index (χ1v) is 6.26. The van der Waals surface area contributed by atoms with Gasteiger partial charge in [-0.25, -0.2) is 13.6 Å². The van der Waals surface area contributed by atoms with Crippen LogP contribution in [0, 0.1) is 21.7 Å². The number of piperidine rings is 1. The van der Waals surface area contributed by atoms with E-state index in [1.807, 2.05) is 0 Å². The zero-order chi connectivity index (χ0) is 15.6. The fourth-order valence-electron chi connectivity index (χ4n) is 2.24. The van der Waals surface area contributed by atoms with Gasteiger partial charge in [0.05, 0.1) is 11.0 Å². The predicted octanol–water partition coefficient (Wildman–Crippen LogP) is 2.43. The highest BCUT2D eigenvalue weighted by molar-refractivity contribution is 5.65. The molecule has 0 atom stereocenters. The van der Waals surface area contributed by atoms with Crippen molar-refractivity contribution in [1.29, 1.82) is 0 Å². The third kappa shape index (κ3) is 3.36. The second kappa shape index (κ2) is 5.90. The summed E-state index contributed by atoms with van der Waals surface area (Å²) in [7, 11) is 0. The van der Waals surface area contributed by atoms with E-state index in [-0.39, 0.29) is 24.8 Å². The molecule has 0 aromatic heterocycles. The lowest BCUT2D eigenvalue weighted by atomic mass is 10.0. The van der Waals surface area contributed by atoms with Crippen LogP contribution in [-0.2, 0) is 0 Å². The second-order valence-corrected chi connectivity index (χ2v) is 4.73. The largest absolute Gasteiger partial charge is 0.465 e. The van der Waals surface area contributed by atoms with Gasteiger partial charge in [0.1, 0.15) is 5.69 Å². The van der Waals surface area contributed by atoms with E-state index in [2.05, 4.69) is 5.32 Å². The third-order valence-electron chi connectivity index (χ3n) is 3.36. The monoisotopic (exact) mass is 301 g/mol. The molecule has 7 nitrogen and oxygen atoms in total. The molecular weight excluding hydrogens is 288 g/mol. The van der Waals surface area contributed by atoms with Crippen LogP contribution >= 0.6 is 0 Å². The number of nitro benzene ring substituents is 1. The maximum absolute atomic E-state index is 13.2. The van der Waals surface area contributed by atoms with Crippen LogP contribution in [0.2, 0.25) is 0 Å². The Bertz CT molecular complexity index is 574. The van der Waals surface area contributed by atoms with Crippen LogP contribution in [0.3, 0.4) is 0 Å². The van der Waals surface area contributed by atoms with E-state index >= 15 is 0 Å². The van der Waals surface area contributed by atoms with Gasteiger partial charge in [0.15, 0.2) is 11.6 Å². The molecule has 21 heavy (non-hydrogen) atoms. The molecule has 1 aromatic carbocycles. The number of carboxylic acid groups (broad SMARTS) is 1. The van der Waals surface area contributed by atoms with Crippen molar-refractivity contribution in [2.75, 3.05) is 18.4 Å². The highest BCUT2D eigenvalue weighted by Gasteiger charge is 2.25. The van der Waals surface area contributed by atoms with Gasteiger partial charge < -0.3 is 15.3 Å². The highest BCUT2D eigenvalue weighted by atomic mass is 19.2. The Morgan fingerprint density at radius 1 is 1.33 bits per heavy atom. The fourth-order valence-corrected chi connectivity index (χ4v) is 2.24. The Labute approximate surface area is 118 Å². The predicted molar refractivity (Wildman–Crippen MR) is 69.3 cm³/mol. The van der Waals surface area contributed by atoms with Crippen molar-refractivity contribution in [3.05, 3.63) is 33.9 Å². The molecule has 0 spiro atoms. The summed E-state index contributed by atoms with van der Waals surface area (Å²) in [4.78, 5) is 22.1. The number of anilines is 1. The van der Waals surface area contributed by atoms with Crippen LogP contribution in [0.4, 0.5) is 25.0 Å². The summed E-state index contributed by atoms with van der Waals surface area (Å²) in [6.07, 6.45) is -0.155. The smallest absolute Gasteiger partial charge is 0.407 e. The Kier molecular flexibility index (Phi) is 4.20. The minimum absolute atomic E-state index is 0.104. The lowest BCUT2D eigenvalue weighted by Gasteiger charge is -2.30. The molecule has 9 heteroatoms. The summed E-state index contributed by atoms with van der Waals surface area (Å²) in [6, 6.07) is 1.05. The topological polar surface area (TPSA) is 95.7 Å². The first-order valence-electron chi connectivity index (χ1n) is 6.26. The van der Waals surface area contributed by atoms with Crippen LogP contribution in [0.15, 0.2) is 12.1 Å². The Morgan fingerprint density at radius 2 is 1.90 bits per heavy atom. The summed E-state index contributed by atoms with van der Waals surface area (Å²) >= 11 is 0. The number of hydrogen-bond acceptors (Lipinski definition) is 4. The number of rotatable bonds is 3. The van der Waals surface area contributed by atoms with Crippen molar-refractivity contribution in [3.8, 4) is 0 Å². The molecule has 2 rings (SSSR count). The number of likely N-dealkylation sites (tertiary alicyclic amines) is 1. The summed E-state index contributed by atoms with van der Waals surface area (Å²) in [6.45, 7) is 0.564. The standard InChI is InChI=1S/C12H13F2N3O4/c13-8-5-10(11(17(20)21)6-9(8)14)15-7-1-3-16(4-2-7)12(18)19/h5-7,15H,1-4H2,(H,18,19). The third-order valence-corrected chi connectivity index (χ3v) is 3.36. The summed E-state index contributed by atoms with van der Waals surface area (Å²) < 4.78 is 26.3. The van der Waals surface area contributed by atoms with Crippen LogP contribution in [0.5, 0.6) is 0 Å². The maximum atomic E-state index is 13.2. The molecule has 0 radical (unpaired) electrons. The van der Waals surface area contributed by atoms with E-state index in [0.29, 0.717) is 18.9 Å². The van der Waals surface area contributed by atoms with Crippen molar-refractivity contribution >= 4 is 17.5 Å². The molecule has 0 saturated carbocycles. The SMILES string of the molecule is O=C(O)N1CCC(Nc2cc(F)c(F)cc2[N+](=O)[O-])CC1. The number of hydrogen-bond donors (Lipinski definition) is 2. The highest BCUT2D eigenvalue weighted by Crippen LogP contribution is 2.29. The number of amides is 1. The second-order valence-electron chi connectivity index (χ2n) is 4.73. The molecule has 1 saturated heterocycles. The molecule has 0 bridgehead atoms. The van der Waals surface area contributed by atoms with Gasteiger partial charge in [-0.2, -0.15) is 0 Å². The van der Waals surface area contributed by atoms with E-state index in [9.17, 15) is 23.7 Å². The van der Waals surface area contributed by atoms with Gasteiger partial charge in [-0.05, 0) is 12.8 Å². The molecule has 1 amide bonds. The first kappa shape index (κ1) is 14.9. The van der Waals surface area contributed by atoms with E-state index < -0.39 is 28.3 Å². The van der Waals surface area contributed by atoms with E-state index in [0.717, 1.165) is 6.07 Å². The molecule has 114 valence electrons. The Balaban J connectivity index is 2.11. The Hall–Kier alpha value is -2.45. The summed E-state index contributed by atoms with van der Waals surface area (Å²) in [5.41, 5.74) is -0.651.